The van der Waals surface area contributed by atoms with Gasteiger partial charge in [-0.05, 0) is 90.6 Å². The Bertz CT molecular complexity index is 890. The fraction of sp³-hybridized carbons (Fsp3) is 0.419. The van der Waals surface area contributed by atoms with Crippen LogP contribution in [-0.2, 0) is 23.9 Å². The lowest BCUT2D eigenvalue weighted by molar-refractivity contribution is 0.161. The van der Waals surface area contributed by atoms with Crippen LogP contribution in [0.25, 0.3) is 0 Å². The van der Waals surface area contributed by atoms with Gasteiger partial charge in [0.2, 0.25) is 0 Å². The molecule has 5 N–H and O–H groups in total. The molecule has 0 aliphatic carbocycles. The lowest BCUT2D eigenvalue weighted by Gasteiger charge is -2.35. The fourth-order valence-electron chi connectivity index (χ4n) is 4.62. The molecule has 3 aromatic rings. The van der Waals surface area contributed by atoms with Crippen molar-refractivity contribution in [3.63, 3.8) is 0 Å². The van der Waals surface area contributed by atoms with Crippen molar-refractivity contribution in [1.82, 2.24) is 6.15 Å². The molecule has 0 heterocycles. The Morgan fingerprint density at radius 1 is 0.590 bits per heavy atom. The summed E-state index contributed by atoms with van der Waals surface area (Å²) in [6.45, 7) is 0.271. The minimum Gasteiger partial charge on any atom is -0.497 e. The third-order valence-electron chi connectivity index (χ3n) is 6.33. The molecule has 3 aromatic carbocycles. The van der Waals surface area contributed by atoms with Gasteiger partial charge >= 0.3 is 7.32 Å². The summed E-state index contributed by atoms with van der Waals surface area (Å²) in [6, 6.07) is 24.6. The fourth-order valence-corrected chi connectivity index (χ4v) is 4.62. The van der Waals surface area contributed by atoms with Gasteiger partial charge in [0.05, 0.1) is 21.3 Å². The molecule has 218 valence electrons. The Kier molecular flexibility index (Phi) is 18.7. The van der Waals surface area contributed by atoms with Crippen LogP contribution < -0.4 is 20.4 Å². The van der Waals surface area contributed by atoms with Crippen molar-refractivity contribution in [3.05, 3.63) is 89.5 Å². The number of benzene rings is 3. The smallest absolute Gasteiger partial charge is 0.497 e. The molecule has 7 nitrogen and oxygen atoms in total. The SMILES string of the molecule is C.C.C.COc1ccc(CC(CCCOB(O)O)(Cc2ccc(OC)cc2)Cc2ccc(OC)cc2)cc1.N. The van der Waals surface area contributed by atoms with E-state index in [0.29, 0.717) is 6.42 Å². The predicted octanol–water partition coefficient (Wildman–Crippen LogP) is 6.56. The number of hydrogen-bond donors (Lipinski definition) is 3. The maximum atomic E-state index is 9.13. The van der Waals surface area contributed by atoms with E-state index in [9.17, 15) is 0 Å². The molecule has 0 aliphatic heterocycles. The number of rotatable bonds is 14. The van der Waals surface area contributed by atoms with Crippen LogP contribution in [0.1, 0.15) is 51.8 Å². The average Bonchev–Trinajstić information content (AvgIpc) is 2.88. The molecule has 0 amide bonds. The first kappa shape index (κ1) is 38.1. The van der Waals surface area contributed by atoms with Crippen LogP contribution in [0, 0.1) is 5.41 Å². The molecule has 0 atom stereocenters. The molecule has 0 radical (unpaired) electrons. The van der Waals surface area contributed by atoms with Crippen molar-refractivity contribution in [2.45, 2.75) is 54.4 Å². The van der Waals surface area contributed by atoms with Gasteiger partial charge in [-0.25, -0.2) is 0 Å². The van der Waals surface area contributed by atoms with E-state index in [2.05, 4.69) is 36.4 Å². The zero-order valence-corrected chi connectivity index (χ0v) is 21.5. The Morgan fingerprint density at radius 2 is 0.897 bits per heavy atom. The molecule has 0 unspecified atom stereocenters. The lowest BCUT2D eigenvalue weighted by atomic mass is 9.69. The van der Waals surface area contributed by atoms with Gasteiger partial charge in [-0.3, -0.25) is 0 Å². The van der Waals surface area contributed by atoms with Gasteiger partial charge in [-0.15, -0.1) is 0 Å². The first-order valence-electron chi connectivity index (χ1n) is 11.8. The minimum absolute atomic E-state index is 0. The second-order valence-electron chi connectivity index (χ2n) is 8.88. The van der Waals surface area contributed by atoms with Crippen molar-refractivity contribution >= 4 is 7.32 Å². The van der Waals surface area contributed by atoms with Crippen LogP contribution in [0.3, 0.4) is 0 Å². The van der Waals surface area contributed by atoms with E-state index in [-0.39, 0.29) is 40.5 Å². The van der Waals surface area contributed by atoms with Crippen LogP contribution >= 0.6 is 0 Å². The molecular formula is C31H50BNO6. The van der Waals surface area contributed by atoms with Crippen molar-refractivity contribution in [2.24, 2.45) is 5.41 Å². The van der Waals surface area contributed by atoms with Crippen LogP contribution in [0.2, 0.25) is 0 Å². The highest BCUT2D eigenvalue weighted by Crippen LogP contribution is 2.38. The maximum absolute atomic E-state index is 9.13. The molecule has 0 saturated heterocycles. The van der Waals surface area contributed by atoms with Crippen LogP contribution in [0.4, 0.5) is 0 Å². The topological polar surface area (TPSA) is 112 Å². The summed E-state index contributed by atoms with van der Waals surface area (Å²) >= 11 is 0. The summed E-state index contributed by atoms with van der Waals surface area (Å²) < 4.78 is 21.1. The highest BCUT2D eigenvalue weighted by molar-refractivity contribution is 6.32. The second-order valence-corrected chi connectivity index (χ2v) is 8.88. The Hall–Kier alpha value is -3.04. The van der Waals surface area contributed by atoms with Crippen molar-refractivity contribution in [1.29, 1.82) is 0 Å². The third-order valence-corrected chi connectivity index (χ3v) is 6.33. The third kappa shape index (κ3) is 12.1. The van der Waals surface area contributed by atoms with E-state index in [0.717, 1.165) is 42.9 Å². The highest BCUT2D eigenvalue weighted by Gasteiger charge is 2.31. The number of methoxy groups -OCH3 is 3. The zero-order valence-electron chi connectivity index (χ0n) is 21.5. The molecule has 39 heavy (non-hydrogen) atoms. The van der Waals surface area contributed by atoms with E-state index < -0.39 is 7.32 Å². The Balaban J connectivity index is 0. The van der Waals surface area contributed by atoms with E-state index in [1.165, 1.54) is 16.7 Å². The van der Waals surface area contributed by atoms with Gasteiger partial charge in [-0.1, -0.05) is 58.7 Å². The van der Waals surface area contributed by atoms with E-state index in [1.807, 2.05) is 36.4 Å². The van der Waals surface area contributed by atoms with Crippen molar-refractivity contribution < 1.29 is 28.9 Å². The first-order valence-corrected chi connectivity index (χ1v) is 11.8. The van der Waals surface area contributed by atoms with Crippen molar-refractivity contribution in [2.75, 3.05) is 27.9 Å². The van der Waals surface area contributed by atoms with Gasteiger partial charge in [-0.2, -0.15) is 0 Å². The van der Waals surface area contributed by atoms with Gasteiger partial charge in [0.1, 0.15) is 17.2 Å². The summed E-state index contributed by atoms with van der Waals surface area (Å²) in [5.74, 6) is 2.49. The molecule has 0 bridgehead atoms. The summed E-state index contributed by atoms with van der Waals surface area (Å²) in [4.78, 5) is 0. The van der Waals surface area contributed by atoms with Crippen LogP contribution in [0.5, 0.6) is 17.2 Å². The molecular weight excluding hydrogens is 493 g/mol. The summed E-state index contributed by atoms with van der Waals surface area (Å²) in [5.41, 5.74) is 3.52. The molecule has 0 spiro atoms. The second kappa shape index (κ2) is 19.1. The molecule has 3 rings (SSSR count). The largest absolute Gasteiger partial charge is 0.633 e. The monoisotopic (exact) mass is 543 g/mol. The zero-order chi connectivity index (χ0) is 25.1. The molecule has 8 heteroatoms. The quantitative estimate of drug-likeness (QED) is 0.156. The Morgan fingerprint density at radius 3 is 1.15 bits per heavy atom. The number of hydrogen-bond acceptors (Lipinski definition) is 7. The highest BCUT2D eigenvalue weighted by atomic mass is 16.6. The average molecular weight is 544 g/mol. The minimum atomic E-state index is -1.76. The lowest BCUT2D eigenvalue weighted by Crippen LogP contribution is -2.30. The van der Waals surface area contributed by atoms with Crippen LogP contribution in [0.15, 0.2) is 72.8 Å². The summed E-state index contributed by atoms with van der Waals surface area (Å²) in [6.07, 6.45) is 4.06. The summed E-state index contributed by atoms with van der Waals surface area (Å²) in [7, 11) is 3.25. The molecule has 0 aromatic heterocycles. The first-order chi connectivity index (χ1) is 16.9. The predicted molar refractivity (Wildman–Crippen MR) is 163 cm³/mol. The van der Waals surface area contributed by atoms with Gasteiger partial charge in [0.25, 0.3) is 0 Å². The van der Waals surface area contributed by atoms with Gasteiger partial charge < -0.3 is 35.1 Å². The standard InChI is InChI=1S/C28H35BO6.3CH4.H3N/c1-32-25-11-5-22(6-12-25)19-28(17-4-18-35-29(30)31,20-23-7-13-26(33-2)14-8-23)21-24-9-15-27(34-3)16-10-24;;;;/h5-16,30-31H,4,17-21H2,1-3H3;3*1H4;1H3. The van der Waals surface area contributed by atoms with E-state index in [4.69, 9.17) is 28.9 Å². The van der Waals surface area contributed by atoms with Gasteiger partial charge in [0.15, 0.2) is 0 Å². The molecule has 0 saturated carbocycles. The Labute approximate surface area is 236 Å². The van der Waals surface area contributed by atoms with E-state index in [1.54, 1.807) is 21.3 Å². The van der Waals surface area contributed by atoms with Crippen LogP contribution in [-0.4, -0.2) is 45.3 Å². The maximum Gasteiger partial charge on any atom is 0.633 e. The number of ether oxygens (including phenoxy) is 3. The molecule has 0 fully saturated rings. The van der Waals surface area contributed by atoms with E-state index >= 15 is 0 Å². The summed E-state index contributed by atoms with van der Waals surface area (Å²) in [5, 5.41) is 18.3. The van der Waals surface area contributed by atoms with Gasteiger partial charge in [0, 0.05) is 6.61 Å². The normalized spacial score (nSPS) is 10.1. The molecule has 0 aliphatic rings. The van der Waals surface area contributed by atoms with Crippen molar-refractivity contribution in [3.8, 4) is 17.2 Å².